The molecule has 0 spiro atoms. The smallest absolute Gasteiger partial charge is 0.271 e. The number of hydrogen-bond acceptors (Lipinski definition) is 7. The van der Waals surface area contributed by atoms with Crippen LogP contribution in [0.2, 0.25) is 10.0 Å². The molecule has 0 saturated carbocycles. The molecular weight excluding hydrogens is 784 g/mol. The number of allylic oxidation sites excluding steroid dienone is 1. The predicted octanol–water partition coefficient (Wildman–Crippen LogP) is 7.38. The van der Waals surface area contributed by atoms with E-state index in [1.54, 1.807) is 43.9 Å². The lowest BCUT2D eigenvalue weighted by Gasteiger charge is -2.25. The van der Waals surface area contributed by atoms with Gasteiger partial charge in [-0.2, -0.15) is 0 Å². The molecule has 6 rings (SSSR count). The number of nitrogens with one attached hydrogen (secondary N) is 1. The third-order valence-electron chi connectivity index (χ3n) is 7.64. The molecule has 4 aromatic carbocycles. The Bertz CT molecular complexity index is 2250. The Morgan fingerprint density at radius 2 is 1.81 bits per heavy atom. The van der Waals surface area contributed by atoms with Gasteiger partial charge in [-0.1, -0.05) is 70.9 Å². The minimum Gasteiger partial charge on any atom is -0.497 e. The summed E-state index contributed by atoms with van der Waals surface area (Å²) in [5.41, 5.74) is 3.46. The average molecular weight is 813 g/mol. The molecule has 0 radical (unpaired) electrons. The van der Waals surface area contributed by atoms with Crippen LogP contribution in [0.5, 0.6) is 17.2 Å². The van der Waals surface area contributed by atoms with Crippen LogP contribution in [0.4, 0.5) is 5.69 Å². The summed E-state index contributed by atoms with van der Waals surface area (Å²) in [6, 6.07) is 24.8. The molecule has 2 heterocycles. The number of anilines is 1. The van der Waals surface area contributed by atoms with Gasteiger partial charge in [0.25, 0.3) is 11.5 Å². The first kappa shape index (κ1) is 33.8. The fraction of sp³-hybridized carbons (Fsp3) is 0.139. The maximum Gasteiger partial charge on any atom is 0.271 e. The van der Waals surface area contributed by atoms with Gasteiger partial charge >= 0.3 is 0 Å². The van der Waals surface area contributed by atoms with Gasteiger partial charge in [0.1, 0.15) is 12.4 Å². The van der Waals surface area contributed by atoms with E-state index in [9.17, 15) is 9.59 Å². The Kier molecular flexibility index (Phi) is 10.3. The monoisotopic (exact) mass is 811 g/mol. The molecule has 12 heteroatoms. The van der Waals surface area contributed by atoms with Crippen molar-refractivity contribution in [3.8, 4) is 17.2 Å². The quantitative estimate of drug-likeness (QED) is 0.157. The summed E-state index contributed by atoms with van der Waals surface area (Å²) in [6.45, 7) is 2.00. The largest absolute Gasteiger partial charge is 0.497 e. The van der Waals surface area contributed by atoms with Crippen molar-refractivity contribution in [3.05, 3.63) is 146 Å². The lowest BCUT2D eigenvalue weighted by atomic mass is 9.95. The van der Waals surface area contributed by atoms with E-state index >= 15 is 0 Å². The lowest BCUT2D eigenvalue weighted by Crippen LogP contribution is -2.40. The number of aromatic nitrogens is 1. The highest BCUT2D eigenvalue weighted by Gasteiger charge is 2.33. The van der Waals surface area contributed by atoms with Crippen molar-refractivity contribution in [2.75, 3.05) is 19.5 Å². The van der Waals surface area contributed by atoms with Gasteiger partial charge in [-0.3, -0.25) is 14.2 Å². The van der Waals surface area contributed by atoms with Crippen LogP contribution in [-0.4, -0.2) is 24.7 Å². The third kappa shape index (κ3) is 7.02. The molecule has 0 aliphatic carbocycles. The molecule has 5 aromatic rings. The number of rotatable bonds is 9. The molecule has 0 saturated heterocycles. The summed E-state index contributed by atoms with van der Waals surface area (Å²) < 4.78 is 20.1. The lowest BCUT2D eigenvalue weighted by molar-refractivity contribution is -0.113. The van der Waals surface area contributed by atoms with Crippen LogP contribution < -0.4 is 34.4 Å². The zero-order chi connectivity index (χ0) is 33.9. The van der Waals surface area contributed by atoms with Crippen molar-refractivity contribution in [3.63, 3.8) is 0 Å². The normalized spacial score (nSPS) is 14.3. The molecule has 48 heavy (non-hydrogen) atoms. The number of halogens is 3. The first-order valence-corrected chi connectivity index (χ1v) is 17.3. The van der Waals surface area contributed by atoms with Crippen molar-refractivity contribution in [1.82, 2.24) is 4.57 Å². The predicted molar refractivity (Wildman–Crippen MR) is 198 cm³/mol. The van der Waals surface area contributed by atoms with Crippen LogP contribution >= 0.6 is 57.1 Å². The standard InChI is InChI=1S/C36H28Cl2IN3O5S/c1-20-31(34(43)41-25-9-5-4-6-10-25)32(22-8-7-11-26(17-22)45-2)42-35(44)30(48-36(42)40-20)16-21-14-28(39)33(29(15-21)46-3)47-19-23-12-13-24(37)18-27(23)38/h4-18,32H,19H2,1-3H3,(H,41,43)/b30-16-/t32-/m0/s1. The van der Waals surface area contributed by atoms with Gasteiger partial charge in [-0.15, -0.1) is 0 Å². The number of carbonyl (C=O) groups excluding carboxylic acids is 1. The number of benzene rings is 4. The van der Waals surface area contributed by atoms with Crippen molar-refractivity contribution in [2.45, 2.75) is 19.6 Å². The van der Waals surface area contributed by atoms with E-state index in [1.165, 1.54) is 11.3 Å². The molecule has 1 aliphatic heterocycles. The molecule has 244 valence electrons. The van der Waals surface area contributed by atoms with Gasteiger partial charge in [0.2, 0.25) is 0 Å². The van der Waals surface area contributed by atoms with Gasteiger partial charge in [0, 0.05) is 21.3 Å². The highest BCUT2D eigenvalue weighted by Crippen LogP contribution is 2.36. The van der Waals surface area contributed by atoms with E-state index in [2.05, 4.69) is 27.9 Å². The van der Waals surface area contributed by atoms with E-state index in [4.69, 9.17) is 42.4 Å². The Morgan fingerprint density at radius 3 is 2.54 bits per heavy atom. The zero-order valence-electron chi connectivity index (χ0n) is 25.9. The molecule has 1 amide bonds. The second kappa shape index (κ2) is 14.6. The minimum atomic E-state index is -0.743. The van der Waals surface area contributed by atoms with E-state index < -0.39 is 6.04 Å². The minimum absolute atomic E-state index is 0.212. The van der Waals surface area contributed by atoms with Gasteiger partial charge in [0.05, 0.1) is 39.6 Å². The number of methoxy groups -OCH3 is 2. The van der Waals surface area contributed by atoms with E-state index in [0.29, 0.717) is 59.1 Å². The number of para-hydroxylation sites is 1. The van der Waals surface area contributed by atoms with Crippen LogP contribution in [-0.2, 0) is 11.4 Å². The number of nitrogens with zero attached hydrogens (tertiary/aromatic N) is 2. The maximum absolute atomic E-state index is 14.2. The fourth-order valence-corrected chi connectivity index (χ4v) is 7.65. The zero-order valence-corrected chi connectivity index (χ0v) is 30.4. The van der Waals surface area contributed by atoms with Gasteiger partial charge in [0.15, 0.2) is 16.3 Å². The van der Waals surface area contributed by atoms with Crippen LogP contribution in [0.25, 0.3) is 6.08 Å². The first-order valence-electron chi connectivity index (χ1n) is 14.6. The van der Waals surface area contributed by atoms with E-state index in [1.807, 2.05) is 72.8 Å². The summed E-state index contributed by atoms with van der Waals surface area (Å²) in [4.78, 5) is 33.3. The molecule has 0 bridgehead atoms. The van der Waals surface area contributed by atoms with Gasteiger partial charge < -0.3 is 19.5 Å². The van der Waals surface area contributed by atoms with Gasteiger partial charge in [-0.05, 0) is 95.2 Å². The van der Waals surface area contributed by atoms with E-state index in [0.717, 1.165) is 14.7 Å². The molecule has 1 N–H and O–H groups in total. The summed E-state index contributed by atoms with van der Waals surface area (Å²) in [6.07, 6.45) is 1.79. The number of amides is 1. The van der Waals surface area contributed by atoms with Crippen LogP contribution in [0, 0.1) is 3.57 Å². The Labute approximate surface area is 304 Å². The SMILES string of the molecule is COc1cccc([C@H]2C(C(=O)Nc3ccccc3)=C(C)N=c3s/c(=C\c4cc(I)c(OCc5ccc(Cl)cc5Cl)c(OC)c4)c(=O)n32)c1. The maximum atomic E-state index is 14.2. The van der Waals surface area contributed by atoms with Gasteiger partial charge in [-0.25, -0.2) is 4.99 Å². The second-order valence-corrected chi connectivity index (χ2v) is 13.8. The summed E-state index contributed by atoms with van der Waals surface area (Å²) in [7, 11) is 3.14. The highest BCUT2D eigenvalue weighted by molar-refractivity contribution is 14.1. The van der Waals surface area contributed by atoms with Crippen molar-refractivity contribution in [1.29, 1.82) is 0 Å². The van der Waals surface area contributed by atoms with Crippen molar-refractivity contribution >= 4 is 74.8 Å². The van der Waals surface area contributed by atoms with Crippen LogP contribution in [0.3, 0.4) is 0 Å². The summed E-state index contributed by atoms with van der Waals surface area (Å²) >= 11 is 15.8. The number of carbonyl (C=O) groups is 1. The number of hydrogen-bond donors (Lipinski definition) is 1. The van der Waals surface area contributed by atoms with E-state index in [-0.39, 0.29) is 18.1 Å². The highest BCUT2D eigenvalue weighted by atomic mass is 127. The average Bonchev–Trinajstić information content (AvgIpc) is 3.37. The summed E-state index contributed by atoms with van der Waals surface area (Å²) in [5.74, 6) is 1.30. The molecule has 0 unspecified atom stereocenters. The Morgan fingerprint density at radius 1 is 1.02 bits per heavy atom. The molecular formula is C36H28Cl2IN3O5S. The second-order valence-electron chi connectivity index (χ2n) is 10.7. The summed E-state index contributed by atoms with van der Waals surface area (Å²) in [5, 5.41) is 4.02. The molecule has 1 aromatic heterocycles. The number of ether oxygens (including phenoxy) is 3. The molecule has 1 aliphatic rings. The molecule has 1 atom stereocenters. The van der Waals surface area contributed by atoms with Crippen LogP contribution in [0.1, 0.15) is 29.7 Å². The first-order chi connectivity index (χ1) is 23.2. The number of thiazole rings is 1. The topological polar surface area (TPSA) is 91.2 Å². The van der Waals surface area contributed by atoms with Crippen LogP contribution in [0.15, 0.2) is 106 Å². The number of fused-ring (bicyclic) bond motifs is 1. The van der Waals surface area contributed by atoms with Crippen molar-refractivity contribution < 1.29 is 19.0 Å². The Hall–Kier alpha value is -4.10. The van der Waals surface area contributed by atoms with Crippen molar-refractivity contribution in [2.24, 2.45) is 4.99 Å². The Balaban J connectivity index is 1.41. The third-order valence-corrected chi connectivity index (χ3v) is 10.0. The molecule has 0 fully saturated rings. The molecule has 8 nitrogen and oxygen atoms in total. The fourth-order valence-electron chi connectivity index (χ4n) is 5.36.